The molecule has 0 aliphatic rings. The quantitative estimate of drug-likeness (QED) is 0.697. The van der Waals surface area contributed by atoms with Crippen molar-refractivity contribution < 1.29 is 0 Å². The molecule has 0 spiro atoms. The molecule has 2 aromatic heterocycles. The first-order valence-corrected chi connectivity index (χ1v) is 4.87. The van der Waals surface area contributed by atoms with Crippen molar-refractivity contribution in [3.05, 3.63) is 34.5 Å². The molecule has 0 saturated heterocycles. The Labute approximate surface area is 85.7 Å². The molecule has 0 aliphatic carbocycles. The van der Waals surface area contributed by atoms with Crippen LogP contribution in [0.3, 0.4) is 0 Å². The van der Waals surface area contributed by atoms with Crippen molar-refractivity contribution in [2.75, 3.05) is 5.88 Å². The number of hydrogen-bond acceptors (Lipinski definition) is 2. The maximum atomic E-state index is 11.8. The van der Waals surface area contributed by atoms with E-state index in [-0.39, 0.29) is 5.56 Å². The van der Waals surface area contributed by atoms with Crippen molar-refractivity contribution in [2.45, 2.75) is 13.5 Å². The molecule has 4 nitrogen and oxygen atoms in total. The van der Waals surface area contributed by atoms with Gasteiger partial charge in [0.2, 0.25) is 0 Å². The van der Waals surface area contributed by atoms with Crippen LogP contribution in [0.25, 0.3) is 5.52 Å². The van der Waals surface area contributed by atoms with Crippen LogP contribution in [0.5, 0.6) is 0 Å². The van der Waals surface area contributed by atoms with Crippen molar-refractivity contribution in [1.29, 1.82) is 0 Å². The van der Waals surface area contributed by atoms with E-state index < -0.39 is 0 Å². The van der Waals surface area contributed by atoms with Gasteiger partial charge in [-0.25, -0.2) is 4.52 Å². The Morgan fingerprint density at radius 2 is 2.29 bits per heavy atom. The Bertz CT molecular complexity index is 514. The predicted octanol–water partition coefficient (Wildman–Crippen LogP) is 1.04. The molecule has 14 heavy (non-hydrogen) atoms. The van der Waals surface area contributed by atoms with Crippen molar-refractivity contribution in [1.82, 2.24) is 14.2 Å². The third-order valence-electron chi connectivity index (χ3n) is 2.05. The summed E-state index contributed by atoms with van der Waals surface area (Å²) in [5, 5.41) is 4.15. The third kappa shape index (κ3) is 1.42. The van der Waals surface area contributed by atoms with Gasteiger partial charge >= 0.3 is 0 Å². The molecule has 2 rings (SSSR count). The highest BCUT2D eigenvalue weighted by molar-refractivity contribution is 6.17. The van der Waals surface area contributed by atoms with Crippen molar-refractivity contribution >= 4 is 17.1 Å². The maximum Gasteiger partial charge on any atom is 0.276 e. The summed E-state index contributed by atoms with van der Waals surface area (Å²) in [7, 11) is 0. The molecule has 0 fully saturated rings. The molecule has 0 bridgehead atoms. The van der Waals surface area contributed by atoms with Crippen LogP contribution in [0.1, 0.15) is 5.69 Å². The largest absolute Gasteiger partial charge is 0.311 e. The molecule has 0 N–H and O–H groups in total. The molecule has 0 saturated carbocycles. The van der Waals surface area contributed by atoms with E-state index in [0.29, 0.717) is 17.9 Å². The molecule has 0 amide bonds. The first-order valence-electron chi connectivity index (χ1n) is 4.34. The van der Waals surface area contributed by atoms with Gasteiger partial charge in [0.25, 0.3) is 5.56 Å². The average Bonchev–Trinajstić information content (AvgIpc) is 2.52. The van der Waals surface area contributed by atoms with E-state index >= 15 is 0 Å². The lowest BCUT2D eigenvalue weighted by Gasteiger charge is -2.01. The minimum Gasteiger partial charge on any atom is -0.311 e. The average molecular weight is 212 g/mol. The van der Waals surface area contributed by atoms with Gasteiger partial charge in [-0.1, -0.05) is 0 Å². The monoisotopic (exact) mass is 211 g/mol. The van der Waals surface area contributed by atoms with Gasteiger partial charge < -0.3 is 4.57 Å². The topological polar surface area (TPSA) is 39.3 Å². The molecule has 0 unspecified atom stereocenters. The first kappa shape index (κ1) is 9.27. The standard InChI is InChI=1S/C9H10ClN3O/c1-7-6-8-9(14)12(3-2-10)4-5-13(8)11-7/h4-6H,2-3H2,1H3. The fraction of sp³-hybridized carbons (Fsp3) is 0.333. The number of nitrogens with zero attached hydrogens (tertiary/aromatic N) is 3. The van der Waals surface area contributed by atoms with Crippen molar-refractivity contribution in [2.24, 2.45) is 0 Å². The normalized spacial score (nSPS) is 11.0. The Balaban J connectivity index is 2.68. The highest BCUT2D eigenvalue weighted by atomic mass is 35.5. The zero-order valence-corrected chi connectivity index (χ0v) is 8.53. The molecular weight excluding hydrogens is 202 g/mol. The third-order valence-corrected chi connectivity index (χ3v) is 2.22. The van der Waals surface area contributed by atoms with Crippen LogP contribution in [0.15, 0.2) is 23.3 Å². The number of aryl methyl sites for hydroxylation is 2. The van der Waals surface area contributed by atoms with Crippen molar-refractivity contribution in [3.63, 3.8) is 0 Å². The van der Waals surface area contributed by atoms with Crippen LogP contribution >= 0.6 is 11.6 Å². The first-order chi connectivity index (χ1) is 6.72. The predicted molar refractivity (Wildman–Crippen MR) is 54.9 cm³/mol. The number of rotatable bonds is 2. The summed E-state index contributed by atoms with van der Waals surface area (Å²) in [4.78, 5) is 11.8. The molecule has 0 radical (unpaired) electrons. The van der Waals surface area contributed by atoms with Gasteiger partial charge in [-0.2, -0.15) is 5.10 Å². The van der Waals surface area contributed by atoms with E-state index in [4.69, 9.17) is 11.6 Å². The van der Waals surface area contributed by atoms with E-state index in [1.54, 1.807) is 27.5 Å². The fourth-order valence-corrected chi connectivity index (χ4v) is 1.60. The van der Waals surface area contributed by atoms with Crippen LogP contribution in [-0.4, -0.2) is 20.1 Å². The van der Waals surface area contributed by atoms with Gasteiger partial charge in [-0.15, -0.1) is 11.6 Å². The lowest BCUT2D eigenvalue weighted by molar-refractivity contribution is 0.718. The molecule has 0 aromatic carbocycles. The van der Waals surface area contributed by atoms with Crippen LogP contribution < -0.4 is 5.56 Å². The second-order valence-electron chi connectivity index (χ2n) is 3.10. The minimum atomic E-state index is -0.0475. The summed E-state index contributed by atoms with van der Waals surface area (Å²) in [5.74, 6) is 0.434. The number of halogens is 1. The number of alkyl halides is 1. The molecule has 2 heterocycles. The second-order valence-corrected chi connectivity index (χ2v) is 3.48. The van der Waals surface area contributed by atoms with Gasteiger partial charge in [-0.05, 0) is 13.0 Å². The summed E-state index contributed by atoms with van der Waals surface area (Å²) >= 11 is 5.58. The van der Waals surface area contributed by atoms with Gasteiger partial charge in [0.15, 0.2) is 0 Å². The molecule has 2 aromatic rings. The number of aromatic nitrogens is 3. The number of hydrogen-bond donors (Lipinski definition) is 0. The Kier molecular flexibility index (Phi) is 2.29. The van der Waals surface area contributed by atoms with Crippen molar-refractivity contribution in [3.8, 4) is 0 Å². The molecular formula is C9H10ClN3O. The summed E-state index contributed by atoms with van der Waals surface area (Å²) < 4.78 is 3.17. The Morgan fingerprint density at radius 1 is 1.50 bits per heavy atom. The van der Waals surface area contributed by atoms with E-state index in [1.165, 1.54) is 0 Å². The smallest absolute Gasteiger partial charge is 0.276 e. The summed E-state index contributed by atoms with van der Waals surface area (Å²) in [6.07, 6.45) is 3.46. The van der Waals surface area contributed by atoms with Gasteiger partial charge in [0.05, 0.1) is 5.69 Å². The van der Waals surface area contributed by atoms with Gasteiger partial charge in [0, 0.05) is 24.8 Å². The molecule has 5 heteroatoms. The lowest BCUT2D eigenvalue weighted by Crippen LogP contribution is -2.21. The van der Waals surface area contributed by atoms with Gasteiger partial charge in [-0.3, -0.25) is 4.79 Å². The van der Waals surface area contributed by atoms with Crippen LogP contribution in [0.4, 0.5) is 0 Å². The van der Waals surface area contributed by atoms with E-state index in [9.17, 15) is 4.79 Å². The zero-order chi connectivity index (χ0) is 10.1. The summed E-state index contributed by atoms with van der Waals surface area (Å²) in [6, 6.07) is 1.77. The van der Waals surface area contributed by atoms with E-state index in [2.05, 4.69) is 5.10 Å². The SMILES string of the molecule is Cc1cc2c(=O)n(CCCl)ccn2n1. The summed E-state index contributed by atoms with van der Waals surface area (Å²) in [6.45, 7) is 2.39. The Morgan fingerprint density at radius 3 is 3.00 bits per heavy atom. The van der Waals surface area contributed by atoms with Crippen LogP contribution in [0, 0.1) is 6.92 Å². The van der Waals surface area contributed by atoms with E-state index in [0.717, 1.165) is 5.69 Å². The minimum absolute atomic E-state index is 0.0475. The second kappa shape index (κ2) is 3.46. The summed E-state index contributed by atoms with van der Waals surface area (Å²) in [5.41, 5.74) is 1.38. The maximum absolute atomic E-state index is 11.8. The molecule has 0 aliphatic heterocycles. The van der Waals surface area contributed by atoms with E-state index in [1.807, 2.05) is 6.92 Å². The lowest BCUT2D eigenvalue weighted by atomic mass is 10.4. The molecule has 74 valence electrons. The van der Waals surface area contributed by atoms with Crippen LogP contribution in [0.2, 0.25) is 0 Å². The molecule has 0 atom stereocenters. The van der Waals surface area contributed by atoms with Gasteiger partial charge in [0.1, 0.15) is 5.52 Å². The fourth-order valence-electron chi connectivity index (χ4n) is 1.42. The highest BCUT2D eigenvalue weighted by Gasteiger charge is 2.04. The highest BCUT2D eigenvalue weighted by Crippen LogP contribution is 1.99. The van der Waals surface area contributed by atoms with Crippen LogP contribution in [-0.2, 0) is 6.54 Å². The Hall–Kier alpha value is -1.29. The zero-order valence-electron chi connectivity index (χ0n) is 7.77. The number of fused-ring (bicyclic) bond motifs is 1.